The van der Waals surface area contributed by atoms with Crippen LogP contribution >= 0.6 is 43.5 Å². The van der Waals surface area contributed by atoms with Crippen LogP contribution in [0.3, 0.4) is 0 Å². The molecule has 3 aromatic carbocycles. The molecule has 0 bridgehead atoms. The lowest BCUT2D eigenvalue weighted by atomic mass is 9.96. The molecule has 0 heterocycles. The van der Waals surface area contributed by atoms with Gasteiger partial charge in [0.25, 0.3) is 0 Å². The maximum absolute atomic E-state index is 10.7. The van der Waals surface area contributed by atoms with Gasteiger partial charge in [0.15, 0.2) is 0 Å². The Morgan fingerprint density at radius 2 is 1.52 bits per heavy atom. The summed E-state index contributed by atoms with van der Waals surface area (Å²) in [6.45, 7) is 0. The first-order valence-corrected chi connectivity index (χ1v) is 8.34. The Balaban J connectivity index is 2.18. The first-order chi connectivity index (χ1) is 10.1. The standard InChI is InChI=1S/C17H11Br2ClO/c18-10-5-6-14(16(20)9-10)17(21)13-7-8-15(19)12-4-2-1-3-11(12)13/h1-9,17,21H. The van der Waals surface area contributed by atoms with Gasteiger partial charge in [-0.15, -0.1) is 0 Å². The molecule has 0 saturated carbocycles. The second-order valence-corrected chi connectivity index (χ2v) is 6.93. The molecule has 1 nitrogen and oxygen atoms in total. The molecule has 1 N–H and O–H groups in total. The molecule has 0 aromatic heterocycles. The first-order valence-electron chi connectivity index (χ1n) is 6.38. The lowest BCUT2D eigenvalue weighted by Gasteiger charge is -2.16. The zero-order valence-electron chi connectivity index (χ0n) is 10.9. The minimum Gasteiger partial charge on any atom is -0.384 e. The van der Waals surface area contributed by atoms with Crippen molar-refractivity contribution >= 4 is 54.2 Å². The van der Waals surface area contributed by atoms with Crippen LogP contribution in [-0.2, 0) is 0 Å². The van der Waals surface area contributed by atoms with Crippen LogP contribution in [0.25, 0.3) is 10.8 Å². The fourth-order valence-electron chi connectivity index (χ4n) is 2.41. The summed E-state index contributed by atoms with van der Waals surface area (Å²) in [7, 11) is 0. The smallest absolute Gasteiger partial charge is 0.106 e. The summed E-state index contributed by atoms with van der Waals surface area (Å²) < 4.78 is 1.90. The summed E-state index contributed by atoms with van der Waals surface area (Å²) in [6.07, 6.45) is -0.761. The molecule has 3 rings (SSSR count). The van der Waals surface area contributed by atoms with E-state index in [0.717, 1.165) is 25.3 Å². The van der Waals surface area contributed by atoms with Gasteiger partial charge in [0.2, 0.25) is 0 Å². The highest BCUT2D eigenvalue weighted by molar-refractivity contribution is 9.11. The summed E-state index contributed by atoms with van der Waals surface area (Å²) >= 11 is 13.2. The molecular weight excluding hydrogens is 415 g/mol. The lowest BCUT2D eigenvalue weighted by Crippen LogP contribution is -2.01. The average Bonchev–Trinajstić information content (AvgIpc) is 2.47. The number of hydrogen-bond acceptors (Lipinski definition) is 1. The molecule has 0 aliphatic carbocycles. The van der Waals surface area contributed by atoms with Crippen molar-refractivity contribution in [3.05, 3.63) is 79.7 Å². The van der Waals surface area contributed by atoms with Gasteiger partial charge in [0.1, 0.15) is 6.10 Å². The topological polar surface area (TPSA) is 20.2 Å². The lowest BCUT2D eigenvalue weighted by molar-refractivity contribution is 0.222. The van der Waals surface area contributed by atoms with E-state index in [1.54, 1.807) is 6.07 Å². The van der Waals surface area contributed by atoms with E-state index in [0.29, 0.717) is 10.6 Å². The highest BCUT2D eigenvalue weighted by Crippen LogP contribution is 2.36. The number of fused-ring (bicyclic) bond motifs is 1. The SMILES string of the molecule is OC(c1ccc(Br)cc1Cl)c1ccc(Br)c2ccccc12. The molecular formula is C17H11Br2ClO. The van der Waals surface area contributed by atoms with Gasteiger partial charge in [-0.3, -0.25) is 0 Å². The van der Waals surface area contributed by atoms with Crippen LogP contribution < -0.4 is 0 Å². The minimum absolute atomic E-state index is 0.545. The van der Waals surface area contributed by atoms with Crippen molar-refractivity contribution in [1.29, 1.82) is 0 Å². The predicted octanol–water partition coefficient (Wildman–Crippen LogP) is 6.10. The number of aliphatic hydroxyl groups excluding tert-OH is 1. The molecule has 0 saturated heterocycles. The Morgan fingerprint density at radius 3 is 2.24 bits per heavy atom. The van der Waals surface area contributed by atoms with Gasteiger partial charge < -0.3 is 5.11 Å². The van der Waals surface area contributed by atoms with Crippen LogP contribution in [0.15, 0.2) is 63.5 Å². The van der Waals surface area contributed by atoms with E-state index in [9.17, 15) is 5.11 Å². The third-order valence-corrected chi connectivity index (χ3v) is 4.97. The number of hydrogen-bond donors (Lipinski definition) is 1. The molecule has 0 aliphatic rings. The largest absolute Gasteiger partial charge is 0.384 e. The highest BCUT2D eigenvalue weighted by Gasteiger charge is 2.17. The van der Waals surface area contributed by atoms with E-state index < -0.39 is 6.10 Å². The van der Waals surface area contributed by atoms with Crippen molar-refractivity contribution in [2.24, 2.45) is 0 Å². The van der Waals surface area contributed by atoms with E-state index in [1.807, 2.05) is 48.5 Å². The van der Waals surface area contributed by atoms with Crippen LogP contribution in [0.5, 0.6) is 0 Å². The van der Waals surface area contributed by atoms with E-state index in [1.165, 1.54) is 0 Å². The van der Waals surface area contributed by atoms with Crippen molar-refractivity contribution in [2.75, 3.05) is 0 Å². The summed E-state index contributed by atoms with van der Waals surface area (Å²) in [5.41, 5.74) is 1.55. The second-order valence-electron chi connectivity index (χ2n) is 4.75. The summed E-state index contributed by atoms with van der Waals surface area (Å²) in [4.78, 5) is 0. The summed E-state index contributed by atoms with van der Waals surface area (Å²) in [6, 6.07) is 17.4. The molecule has 0 spiro atoms. The van der Waals surface area contributed by atoms with Gasteiger partial charge in [-0.25, -0.2) is 0 Å². The molecule has 3 aromatic rings. The molecule has 0 amide bonds. The molecule has 0 aliphatic heterocycles. The molecule has 21 heavy (non-hydrogen) atoms. The van der Waals surface area contributed by atoms with E-state index >= 15 is 0 Å². The van der Waals surface area contributed by atoms with Gasteiger partial charge in [-0.2, -0.15) is 0 Å². The van der Waals surface area contributed by atoms with Crippen molar-refractivity contribution in [3.63, 3.8) is 0 Å². The molecule has 1 unspecified atom stereocenters. The Labute approximate surface area is 144 Å². The highest BCUT2D eigenvalue weighted by atomic mass is 79.9. The monoisotopic (exact) mass is 424 g/mol. The van der Waals surface area contributed by atoms with Crippen LogP contribution in [0.2, 0.25) is 5.02 Å². The van der Waals surface area contributed by atoms with Crippen LogP contribution in [0, 0.1) is 0 Å². The maximum Gasteiger partial charge on any atom is 0.106 e. The predicted molar refractivity (Wildman–Crippen MR) is 94.9 cm³/mol. The number of halogens is 3. The Bertz CT molecular complexity index is 817. The number of benzene rings is 3. The molecule has 1 atom stereocenters. The third-order valence-electron chi connectivity index (χ3n) is 3.46. The van der Waals surface area contributed by atoms with Gasteiger partial charge in [0.05, 0.1) is 0 Å². The Hall–Kier alpha value is -0.870. The molecule has 0 radical (unpaired) electrons. The van der Waals surface area contributed by atoms with Gasteiger partial charge in [-0.05, 0) is 34.5 Å². The number of aliphatic hydroxyl groups is 1. The minimum atomic E-state index is -0.761. The second kappa shape index (κ2) is 6.09. The van der Waals surface area contributed by atoms with Crippen LogP contribution in [-0.4, -0.2) is 5.11 Å². The molecule has 0 fully saturated rings. The first kappa shape index (κ1) is 15.0. The van der Waals surface area contributed by atoms with Gasteiger partial charge in [0, 0.05) is 19.5 Å². The fourth-order valence-corrected chi connectivity index (χ4v) is 3.67. The summed E-state index contributed by atoms with van der Waals surface area (Å²) in [5.74, 6) is 0. The van der Waals surface area contributed by atoms with E-state index in [-0.39, 0.29) is 0 Å². The molecule has 106 valence electrons. The Morgan fingerprint density at radius 1 is 0.857 bits per heavy atom. The average molecular weight is 427 g/mol. The van der Waals surface area contributed by atoms with E-state index in [2.05, 4.69) is 31.9 Å². The number of rotatable bonds is 2. The third kappa shape index (κ3) is 2.88. The van der Waals surface area contributed by atoms with Crippen LogP contribution in [0.1, 0.15) is 17.2 Å². The fraction of sp³-hybridized carbons (Fsp3) is 0.0588. The van der Waals surface area contributed by atoms with Crippen LogP contribution in [0.4, 0.5) is 0 Å². The zero-order chi connectivity index (χ0) is 15.0. The van der Waals surface area contributed by atoms with Gasteiger partial charge >= 0.3 is 0 Å². The normalized spacial score (nSPS) is 12.6. The zero-order valence-corrected chi connectivity index (χ0v) is 14.8. The molecule has 4 heteroatoms. The quantitative estimate of drug-likeness (QED) is 0.525. The van der Waals surface area contributed by atoms with E-state index in [4.69, 9.17) is 11.6 Å². The van der Waals surface area contributed by atoms with Crippen molar-refractivity contribution < 1.29 is 5.11 Å². The van der Waals surface area contributed by atoms with Crippen molar-refractivity contribution in [2.45, 2.75) is 6.10 Å². The summed E-state index contributed by atoms with van der Waals surface area (Å²) in [5, 5.41) is 13.4. The van der Waals surface area contributed by atoms with Gasteiger partial charge in [-0.1, -0.05) is 79.9 Å². The van der Waals surface area contributed by atoms with Crippen molar-refractivity contribution in [1.82, 2.24) is 0 Å². The maximum atomic E-state index is 10.7. The van der Waals surface area contributed by atoms with Crippen molar-refractivity contribution in [3.8, 4) is 0 Å². The Kier molecular flexibility index (Phi) is 4.36.